The van der Waals surface area contributed by atoms with E-state index in [1.54, 1.807) is 39.8 Å². The molecule has 4 fully saturated rings. The highest BCUT2D eigenvalue weighted by Gasteiger charge is 2.61. The van der Waals surface area contributed by atoms with Crippen LogP contribution in [-0.4, -0.2) is 134 Å². The highest BCUT2D eigenvalue weighted by atomic mass is 16.8. The summed E-state index contributed by atoms with van der Waals surface area (Å²) in [6, 6.07) is 0. The molecule has 0 bridgehead atoms. The Labute approximate surface area is 305 Å². The Morgan fingerprint density at radius 2 is 1.54 bits per heavy atom. The third-order valence-electron chi connectivity index (χ3n) is 11.2. The van der Waals surface area contributed by atoms with E-state index in [0.29, 0.717) is 6.42 Å². The van der Waals surface area contributed by atoms with Gasteiger partial charge in [0.25, 0.3) is 0 Å². The van der Waals surface area contributed by atoms with Gasteiger partial charge >= 0.3 is 12.1 Å². The molecule has 1 spiro atoms. The highest BCUT2D eigenvalue weighted by molar-refractivity contribution is 5.91. The number of carbonyl (C=O) groups is 3. The molecule has 5 aliphatic rings. The van der Waals surface area contributed by atoms with Gasteiger partial charge in [-0.05, 0) is 52.2 Å². The highest BCUT2D eigenvalue weighted by Crippen LogP contribution is 2.42. The first-order valence-corrected chi connectivity index (χ1v) is 18.3. The minimum Gasteiger partial charge on any atom is -0.459 e. The average Bonchev–Trinajstić information content (AvgIpc) is 3.79. The molecular formula is C37H56O15. The first-order chi connectivity index (χ1) is 24.6. The maximum Gasteiger partial charge on any atom is 0.509 e. The Balaban J connectivity index is 1.34. The summed E-state index contributed by atoms with van der Waals surface area (Å²) in [5.74, 6) is -2.20. The summed E-state index contributed by atoms with van der Waals surface area (Å²) in [4.78, 5) is 38.7. The number of rotatable bonds is 7. The molecule has 52 heavy (non-hydrogen) atoms. The maximum absolute atomic E-state index is 13.4. The summed E-state index contributed by atoms with van der Waals surface area (Å²) in [7, 11) is 2.96. The van der Waals surface area contributed by atoms with Crippen LogP contribution in [0.2, 0.25) is 0 Å². The first-order valence-electron chi connectivity index (χ1n) is 18.3. The fraction of sp³-hybridized carbons (Fsp3) is 0.811. The van der Waals surface area contributed by atoms with Crippen molar-refractivity contribution in [2.45, 2.75) is 147 Å². The Morgan fingerprint density at radius 3 is 2.19 bits per heavy atom. The van der Waals surface area contributed by atoms with Gasteiger partial charge in [-0.15, -0.1) is 0 Å². The molecule has 5 heterocycles. The van der Waals surface area contributed by atoms with Crippen molar-refractivity contribution < 1.29 is 72.0 Å². The second-order valence-electron chi connectivity index (χ2n) is 15.0. The number of methoxy groups -OCH3 is 2. The van der Waals surface area contributed by atoms with Crippen LogP contribution in [0.1, 0.15) is 61.3 Å². The van der Waals surface area contributed by atoms with Crippen molar-refractivity contribution in [3.63, 3.8) is 0 Å². The number of aliphatic hydroxyl groups excluding tert-OH is 2. The lowest BCUT2D eigenvalue weighted by atomic mass is 9.82. The molecule has 1 unspecified atom stereocenters. The Bertz CT molecular complexity index is 1320. The number of carbonyl (C=O) groups excluding carboxylic acids is 3. The zero-order chi connectivity index (χ0) is 38.1. The van der Waals surface area contributed by atoms with Crippen LogP contribution in [-0.2, 0) is 57.0 Å². The Hall–Kier alpha value is -2.47. The summed E-state index contributed by atoms with van der Waals surface area (Å²) in [6.45, 7) is 12.6. The molecule has 0 aromatic carbocycles. The molecule has 5 aliphatic heterocycles. The fourth-order valence-electron chi connectivity index (χ4n) is 7.99. The molecule has 0 amide bonds. The predicted octanol–water partition coefficient (Wildman–Crippen LogP) is 2.62. The molecule has 0 aromatic rings. The fourth-order valence-corrected chi connectivity index (χ4v) is 7.99. The van der Waals surface area contributed by atoms with Gasteiger partial charge in [0.05, 0.1) is 31.0 Å². The quantitative estimate of drug-likeness (QED) is 0.286. The zero-order valence-corrected chi connectivity index (χ0v) is 31.4. The molecular weight excluding hydrogens is 684 g/mol. The average molecular weight is 741 g/mol. The lowest BCUT2D eigenvalue weighted by Gasteiger charge is -2.46. The van der Waals surface area contributed by atoms with Gasteiger partial charge in [-0.3, -0.25) is 4.79 Å². The van der Waals surface area contributed by atoms with Crippen LogP contribution in [0, 0.1) is 23.7 Å². The third kappa shape index (κ3) is 8.74. The van der Waals surface area contributed by atoms with Crippen LogP contribution in [0.25, 0.3) is 0 Å². The van der Waals surface area contributed by atoms with Crippen LogP contribution >= 0.6 is 0 Å². The van der Waals surface area contributed by atoms with Crippen molar-refractivity contribution in [1.29, 1.82) is 0 Å². The summed E-state index contributed by atoms with van der Waals surface area (Å²) >= 11 is 0. The normalized spacial score (nSPS) is 48.7. The van der Waals surface area contributed by atoms with Crippen molar-refractivity contribution in [2.75, 3.05) is 20.8 Å². The predicted molar refractivity (Wildman–Crippen MR) is 181 cm³/mol. The van der Waals surface area contributed by atoms with Gasteiger partial charge in [-0.1, -0.05) is 26.8 Å². The number of ether oxygens (including phenoxy) is 10. The summed E-state index contributed by atoms with van der Waals surface area (Å²) in [5, 5.41) is 22.0. The molecule has 0 aromatic heterocycles. The summed E-state index contributed by atoms with van der Waals surface area (Å²) in [5.41, 5.74) is -1.35. The van der Waals surface area contributed by atoms with Crippen molar-refractivity contribution in [1.82, 2.24) is 0 Å². The minimum absolute atomic E-state index is 0.0493. The second-order valence-corrected chi connectivity index (χ2v) is 15.0. The van der Waals surface area contributed by atoms with E-state index in [-0.39, 0.29) is 24.7 Å². The van der Waals surface area contributed by atoms with Crippen LogP contribution in [0.3, 0.4) is 0 Å². The van der Waals surface area contributed by atoms with Gasteiger partial charge in [0.1, 0.15) is 42.7 Å². The number of hydrogen-bond donors (Lipinski definition) is 2. The Morgan fingerprint density at radius 1 is 0.827 bits per heavy atom. The number of ketones is 1. The largest absolute Gasteiger partial charge is 0.509 e. The first kappa shape index (κ1) is 40.7. The molecule has 18 atom stereocenters. The number of fused-ring (bicyclic) bond motifs is 1. The van der Waals surface area contributed by atoms with E-state index in [2.05, 4.69) is 0 Å². The number of esters is 1. The van der Waals surface area contributed by atoms with Gasteiger partial charge in [0.2, 0.25) is 0 Å². The number of epoxide rings is 1. The SMILES string of the molecule is CO[C@@H]1[C@H](O)[C@@H](C)O[C@@H](OC[C@H]2[C@@H]3O[C@@H]3/C=C/C(=O)[C@H](C)C[C@H](C)[C@H](O[C@@H]3O[C@H](C)CC4(OC(=O)O[C@H]4C)[C@H]3O)[C@@H](C)/C=C/C(=O)O[C@@H]2C)[C@@H]1OC. The van der Waals surface area contributed by atoms with E-state index >= 15 is 0 Å². The van der Waals surface area contributed by atoms with Crippen LogP contribution in [0.4, 0.5) is 4.79 Å². The maximum atomic E-state index is 13.4. The van der Waals surface area contributed by atoms with E-state index in [0.717, 1.165) is 0 Å². The lowest BCUT2D eigenvalue weighted by Crippen LogP contribution is -2.62. The molecule has 294 valence electrons. The van der Waals surface area contributed by atoms with Crippen molar-refractivity contribution in [3.05, 3.63) is 24.3 Å². The standard InChI is InChI=1S/C37H56O15/c1-17-10-13-27(39)47-21(5)24(16-45-34-32(44-9)31(43-8)28(40)22(6)48-34)30-26(50-30)12-11-25(38)18(2)14-19(3)29(17)51-35-33(41)37(15-20(4)46-35)23(7)49-36(42)52-37/h10-13,17-24,26,28-35,40-41H,14-16H2,1-9H3/b12-11+,13-10+/t17-,18+,19-,20+,21+,22+,23-,24+,26+,28+,29+,30-,31+,32+,33-,34+,35-,37?/m0/s1. The van der Waals surface area contributed by atoms with Crippen molar-refractivity contribution in [2.24, 2.45) is 23.7 Å². The van der Waals surface area contributed by atoms with Crippen molar-refractivity contribution in [3.8, 4) is 0 Å². The monoisotopic (exact) mass is 740 g/mol. The number of allylic oxidation sites excluding steroid dienone is 1. The molecule has 5 rings (SSSR count). The Kier molecular flexibility index (Phi) is 13.2. The molecule has 15 nitrogen and oxygen atoms in total. The smallest absolute Gasteiger partial charge is 0.459 e. The molecule has 0 aliphatic carbocycles. The lowest BCUT2D eigenvalue weighted by molar-refractivity contribution is -0.308. The topological polar surface area (TPSA) is 187 Å². The molecule has 0 saturated carbocycles. The van der Waals surface area contributed by atoms with Crippen LogP contribution < -0.4 is 0 Å². The van der Waals surface area contributed by atoms with Crippen LogP contribution in [0.15, 0.2) is 24.3 Å². The van der Waals surface area contributed by atoms with Gasteiger partial charge in [0.15, 0.2) is 24.0 Å². The van der Waals surface area contributed by atoms with Gasteiger partial charge < -0.3 is 57.6 Å². The number of hydrogen-bond acceptors (Lipinski definition) is 15. The van der Waals surface area contributed by atoms with E-state index < -0.39 is 115 Å². The van der Waals surface area contributed by atoms with E-state index in [4.69, 9.17) is 47.4 Å². The third-order valence-corrected chi connectivity index (χ3v) is 11.2. The molecule has 2 N–H and O–H groups in total. The minimum atomic E-state index is -1.36. The van der Waals surface area contributed by atoms with E-state index in [9.17, 15) is 24.6 Å². The number of aliphatic hydroxyl groups is 2. The van der Waals surface area contributed by atoms with E-state index in [1.165, 1.54) is 26.4 Å². The summed E-state index contributed by atoms with van der Waals surface area (Å²) in [6.07, 6.45) is -3.65. The second kappa shape index (κ2) is 16.9. The summed E-state index contributed by atoms with van der Waals surface area (Å²) < 4.78 is 58.3. The number of cyclic esters (lactones) is 2. The molecule has 4 saturated heterocycles. The van der Waals surface area contributed by atoms with E-state index in [1.807, 2.05) is 20.8 Å². The molecule has 0 radical (unpaired) electrons. The van der Waals surface area contributed by atoms with Gasteiger partial charge in [-0.2, -0.15) is 0 Å². The van der Waals surface area contributed by atoms with Gasteiger partial charge in [0, 0.05) is 44.5 Å². The zero-order valence-electron chi connectivity index (χ0n) is 31.4. The van der Waals surface area contributed by atoms with Gasteiger partial charge in [-0.25, -0.2) is 9.59 Å². The molecule has 15 heteroatoms. The van der Waals surface area contributed by atoms with Crippen molar-refractivity contribution >= 4 is 17.9 Å². The van der Waals surface area contributed by atoms with Crippen LogP contribution in [0.5, 0.6) is 0 Å².